The summed E-state index contributed by atoms with van der Waals surface area (Å²) in [5.41, 5.74) is 8.84. The predicted molar refractivity (Wildman–Crippen MR) is 183 cm³/mol. The number of aryl methyl sites for hydroxylation is 1. The number of sulfone groups is 1. The molecular weight excluding hydrogens is 666 g/mol. The van der Waals surface area contributed by atoms with Gasteiger partial charge in [-0.2, -0.15) is 0 Å². The zero-order valence-corrected chi connectivity index (χ0v) is 29.4. The lowest BCUT2D eigenvalue weighted by Crippen LogP contribution is -2.55. The van der Waals surface area contributed by atoms with E-state index in [1.807, 2.05) is 45.0 Å². The summed E-state index contributed by atoms with van der Waals surface area (Å²) in [5.74, 6) is -4.29. The Morgan fingerprint density at radius 2 is 1.67 bits per heavy atom. The van der Waals surface area contributed by atoms with Gasteiger partial charge in [0.15, 0.2) is 9.84 Å². The van der Waals surface area contributed by atoms with Gasteiger partial charge in [0.1, 0.15) is 29.8 Å². The van der Waals surface area contributed by atoms with Crippen LogP contribution in [0, 0.1) is 11.6 Å². The molecule has 0 spiro atoms. The maximum atomic E-state index is 14.0. The van der Waals surface area contributed by atoms with Crippen LogP contribution in [0.25, 0.3) is 0 Å². The number of hydrogen-bond donors (Lipinski definition) is 4. The fourth-order valence-corrected chi connectivity index (χ4v) is 7.88. The van der Waals surface area contributed by atoms with E-state index in [1.165, 1.54) is 0 Å². The lowest BCUT2D eigenvalue weighted by Gasteiger charge is -2.28. The molecule has 1 saturated heterocycles. The Balaban J connectivity index is 0.00000800. The molecule has 1 fully saturated rings. The van der Waals surface area contributed by atoms with Crippen molar-refractivity contribution < 1.29 is 36.3 Å². The molecule has 0 aliphatic carbocycles. The number of benzene rings is 2. The van der Waals surface area contributed by atoms with Crippen molar-refractivity contribution in [1.29, 1.82) is 0 Å². The number of esters is 1. The maximum absolute atomic E-state index is 14.0. The van der Waals surface area contributed by atoms with Crippen LogP contribution in [0.15, 0.2) is 42.5 Å². The number of carbonyl (C=O) groups is 3. The summed E-state index contributed by atoms with van der Waals surface area (Å²) in [6.07, 6.45) is 2.07. The Kier molecular flexibility index (Phi) is 16.9. The molecule has 10 nitrogen and oxygen atoms in total. The standard InChI is InChI=1S/C34H48F2N4O6S.ClH/c1-4-8-27(9-5-2)47(44,45)21-30(40-33(42)29-12-13-32(41)39-29)34(43)46-31(20-38-19-23-11-7-10-22(6-3)14-23)28(37)17-24-15-25(35)18-26(36)16-24;/h7,10-11,14-16,18,27-31,38H,4-6,8-9,12-13,17,19-21,37H2,1-3H3,(H,39,41)(H,40,42);1H/t28-,29+,30?,31+;/m0./s1. The molecule has 5 N–H and O–H groups in total. The van der Waals surface area contributed by atoms with Crippen LogP contribution >= 0.6 is 12.4 Å². The molecule has 1 aliphatic heterocycles. The number of rotatable bonds is 19. The third-order valence-corrected chi connectivity index (χ3v) is 10.5. The summed E-state index contributed by atoms with van der Waals surface area (Å²) in [6.45, 7) is 6.21. The molecule has 1 aliphatic rings. The minimum Gasteiger partial charge on any atom is -0.458 e. The van der Waals surface area contributed by atoms with E-state index in [1.54, 1.807) is 0 Å². The van der Waals surface area contributed by atoms with Crippen molar-refractivity contribution >= 4 is 40.0 Å². The average Bonchev–Trinajstić information content (AvgIpc) is 3.45. The van der Waals surface area contributed by atoms with E-state index < -0.39 is 68.6 Å². The van der Waals surface area contributed by atoms with Crippen LogP contribution in [0.3, 0.4) is 0 Å². The second-order valence-corrected chi connectivity index (χ2v) is 14.5. The topological polar surface area (TPSA) is 157 Å². The van der Waals surface area contributed by atoms with Crippen molar-refractivity contribution in [1.82, 2.24) is 16.0 Å². The molecule has 0 radical (unpaired) electrons. The molecule has 268 valence electrons. The number of hydrogen-bond acceptors (Lipinski definition) is 8. The SMILES string of the molecule is CCCC(CCC)S(=O)(=O)CC(NC(=O)[C@H]1CCC(=O)N1)C(=O)O[C@H](CNCc1cccc(CC)c1)[C@@H](N)Cc1cc(F)cc(F)c1.Cl. The van der Waals surface area contributed by atoms with E-state index in [4.69, 9.17) is 10.5 Å². The highest BCUT2D eigenvalue weighted by Crippen LogP contribution is 2.19. The highest BCUT2D eigenvalue weighted by atomic mass is 35.5. The Hall–Kier alpha value is -3.13. The molecule has 2 aromatic rings. The van der Waals surface area contributed by atoms with E-state index in [0.29, 0.717) is 32.2 Å². The molecule has 3 rings (SSSR count). The summed E-state index contributed by atoms with van der Waals surface area (Å²) in [4.78, 5) is 38.6. The van der Waals surface area contributed by atoms with Crippen molar-refractivity contribution in [3.05, 3.63) is 70.8 Å². The Morgan fingerprint density at radius 3 is 2.25 bits per heavy atom. The van der Waals surface area contributed by atoms with E-state index in [0.717, 1.165) is 35.7 Å². The monoisotopic (exact) mass is 714 g/mol. The van der Waals surface area contributed by atoms with Crippen LogP contribution in [-0.4, -0.2) is 68.0 Å². The molecule has 1 unspecified atom stereocenters. The summed E-state index contributed by atoms with van der Waals surface area (Å²) in [7, 11) is -3.88. The van der Waals surface area contributed by atoms with Crippen LogP contribution in [0.2, 0.25) is 0 Å². The van der Waals surface area contributed by atoms with Gasteiger partial charge in [0.2, 0.25) is 11.8 Å². The first-order valence-electron chi connectivity index (χ1n) is 16.4. The van der Waals surface area contributed by atoms with Crippen molar-refractivity contribution in [2.24, 2.45) is 5.73 Å². The molecule has 0 aromatic heterocycles. The zero-order valence-electron chi connectivity index (χ0n) is 27.8. The summed E-state index contributed by atoms with van der Waals surface area (Å²) in [5, 5.41) is 7.55. The maximum Gasteiger partial charge on any atom is 0.330 e. The van der Waals surface area contributed by atoms with E-state index in [2.05, 4.69) is 16.0 Å². The molecule has 0 saturated carbocycles. The molecule has 2 aromatic carbocycles. The van der Waals surface area contributed by atoms with Gasteiger partial charge in [-0.1, -0.05) is 57.9 Å². The first kappa shape index (κ1) is 41.0. The molecule has 4 atom stereocenters. The largest absolute Gasteiger partial charge is 0.458 e. The molecule has 2 amide bonds. The predicted octanol–water partition coefficient (Wildman–Crippen LogP) is 3.67. The Labute approximate surface area is 288 Å². The van der Waals surface area contributed by atoms with Gasteiger partial charge < -0.3 is 26.4 Å². The van der Waals surface area contributed by atoms with Crippen LogP contribution in [-0.2, 0) is 48.3 Å². The van der Waals surface area contributed by atoms with Gasteiger partial charge in [-0.3, -0.25) is 9.59 Å². The minimum absolute atomic E-state index is 0. The van der Waals surface area contributed by atoms with Crippen LogP contribution in [0.1, 0.15) is 76.0 Å². The summed E-state index contributed by atoms with van der Waals surface area (Å²) in [6, 6.07) is 7.47. The number of amides is 2. The van der Waals surface area contributed by atoms with Gasteiger partial charge in [0.25, 0.3) is 0 Å². The van der Waals surface area contributed by atoms with Gasteiger partial charge in [0, 0.05) is 31.6 Å². The quantitative estimate of drug-likeness (QED) is 0.161. The molecule has 14 heteroatoms. The number of carbonyl (C=O) groups excluding carboxylic acids is 3. The lowest BCUT2D eigenvalue weighted by molar-refractivity contribution is -0.153. The first-order chi connectivity index (χ1) is 22.3. The second-order valence-electron chi connectivity index (χ2n) is 12.2. The highest BCUT2D eigenvalue weighted by Gasteiger charge is 2.37. The Morgan fingerprint density at radius 1 is 1.02 bits per heavy atom. The Bertz CT molecular complexity index is 1460. The van der Waals surface area contributed by atoms with E-state index in [-0.39, 0.29) is 49.7 Å². The van der Waals surface area contributed by atoms with Gasteiger partial charge in [-0.25, -0.2) is 22.0 Å². The molecule has 1 heterocycles. The van der Waals surface area contributed by atoms with Gasteiger partial charge in [-0.05, 0) is 60.9 Å². The summed E-state index contributed by atoms with van der Waals surface area (Å²) >= 11 is 0. The van der Waals surface area contributed by atoms with E-state index in [9.17, 15) is 31.6 Å². The fraction of sp³-hybridized carbons (Fsp3) is 0.559. The van der Waals surface area contributed by atoms with E-state index >= 15 is 0 Å². The number of nitrogens with two attached hydrogens (primary N) is 1. The minimum atomic E-state index is -3.88. The van der Waals surface area contributed by atoms with Gasteiger partial charge in [0.05, 0.1) is 11.0 Å². The molecular formula is C34H49ClF2N4O6S. The number of halogens is 3. The third kappa shape index (κ3) is 12.7. The normalized spacial score (nSPS) is 16.5. The van der Waals surface area contributed by atoms with Crippen molar-refractivity contribution in [3.63, 3.8) is 0 Å². The van der Waals surface area contributed by atoms with Crippen molar-refractivity contribution in [2.75, 3.05) is 12.3 Å². The smallest absolute Gasteiger partial charge is 0.330 e. The van der Waals surface area contributed by atoms with Gasteiger partial charge in [-0.15, -0.1) is 12.4 Å². The summed E-state index contributed by atoms with van der Waals surface area (Å²) < 4.78 is 60.8. The second kappa shape index (κ2) is 19.8. The molecule has 48 heavy (non-hydrogen) atoms. The van der Waals surface area contributed by atoms with Gasteiger partial charge >= 0.3 is 5.97 Å². The third-order valence-electron chi connectivity index (χ3n) is 8.25. The highest BCUT2D eigenvalue weighted by molar-refractivity contribution is 7.92. The molecule has 0 bridgehead atoms. The zero-order chi connectivity index (χ0) is 34.6. The van der Waals surface area contributed by atoms with Crippen molar-refractivity contribution in [2.45, 2.75) is 108 Å². The number of ether oxygens (including phenoxy) is 1. The van der Waals surface area contributed by atoms with Crippen LogP contribution < -0.4 is 21.7 Å². The van der Waals surface area contributed by atoms with Crippen LogP contribution in [0.5, 0.6) is 0 Å². The first-order valence-corrected chi connectivity index (χ1v) is 18.1. The fourth-order valence-electron chi connectivity index (χ4n) is 5.73. The lowest BCUT2D eigenvalue weighted by atomic mass is 10.0. The number of nitrogens with one attached hydrogen (secondary N) is 3. The van der Waals surface area contributed by atoms with Crippen LogP contribution in [0.4, 0.5) is 8.78 Å². The average molecular weight is 715 g/mol. The van der Waals surface area contributed by atoms with Crippen molar-refractivity contribution in [3.8, 4) is 0 Å².